The Balaban J connectivity index is 3.70. The van der Waals surface area contributed by atoms with E-state index in [1.165, 1.54) is 128 Å². The summed E-state index contributed by atoms with van der Waals surface area (Å²) in [5.74, 6) is -0.132. The van der Waals surface area contributed by atoms with Crippen LogP contribution in [0.3, 0.4) is 0 Å². The average Bonchev–Trinajstić information content (AvgIpc) is 2.99. The molecule has 4 nitrogen and oxygen atoms in total. The quantitative estimate of drug-likeness (QED) is 0.0540. The summed E-state index contributed by atoms with van der Waals surface area (Å²) in [6.45, 7) is 4.26. The lowest BCUT2D eigenvalue weighted by Crippen LogP contribution is -2.45. The third-order valence-electron chi connectivity index (χ3n) is 8.13. The monoisotopic (exact) mass is 590 g/mol. The van der Waals surface area contributed by atoms with Crippen molar-refractivity contribution in [3.05, 3.63) is 36.5 Å². The summed E-state index contributed by atoms with van der Waals surface area (Å²) in [5.41, 5.74) is 0. The molecule has 0 aliphatic heterocycles. The third-order valence-corrected chi connectivity index (χ3v) is 8.13. The number of rotatable bonds is 32. The number of hydrogen-bond acceptors (Lipinski definition) is 3. The summed E-state index contributed by atoms with van der Waals surface area (Å²) < 4.78 is 0. The van der Waals surface area contributed by atoms with Gasteiger partial charge in [0.25, 0.3) is 0 Å². The molecular weight excluding hydrogens is 518 g/mol. The van der Waals surface area contributed by atoms with Crippen LogP contribution in [0.1, 0.15) is 181 Å². The van der Waals surface area contributed by atoms with Crippen molar-refractivity contribution in [2.24, 2.45) is 0 Å². The minimum atomic E-state index is -0.859. The van der Waals surface area contributed by atoms with Crippen LogP contribution >= 0.6 is 0 Å². The molecule has 2 atom stereocenters. The van der Waals surface area contributed by atoms with Gasteiger partial charge in [-0.3, -0.25) is 4.79 Å². The zero-order valence-corrected chi connectivity index (χ0v) is 28.0. The Morgan fingerprint density at radius 1 is 0.571 bits per heavy atom. The Kier molecular flexibility index (Phi) is 33.0. The van der Waals surface area contributed by atoms with E-state index >= 15 is 0 Å². The molecule has 0 radical (unpaired) electrons. The average molecular weight is 590 g/mol. The fraction of sp³-hybridized carbons (Fsp3) is 0.816. The van der Waals surface area contributed by atoms with Gasteiger partial charge < -0.3 is 15.5 Å². The first-order valence-electron chi connectivity index (χ1n) is 18.2. The molecule has 4 heteroatoms. The van der Waals surface area contributed by atoms with Crippen molar-refractivity contribution in [3.8, 4) is 0 Å². The van der Waals surface area contributed by atoms with Gasteiger partial charge in [-0.15, -0.1) is 0 Å². The first kappa shape index (κ1) is 40.6. The second-order valence-electron chi connectivity index (χ2n) is 12.3. The first-order chi connectivity index (χ1) is 20.7. The molecule has 1 amide bonds. The van der Waals surface area contributed by atoms with Crippen LogP contribution < -0.4 is 5.32 Å². The summed E-state index contributed by atoms with van der Waals surface area (Å²) >= 11 is 0. The first-order valence-corrected chi connectivity index (χ1v) is 18.2. The predicted molar refractivity (Wildman–Crippen MR) is 184 cm³/mol. The fourth-order valence-electron chi connectivity index (χ4n) is 5.28. The lowest BCUT2D eigenvalue weighted by Gasteiger charge is -2.19. The highest BCUT2D eigenvalue weighted by molar-refractivity contribution is 5.76. The van der Waals surface area contributed by atoms with E-state index < -0.39 is 12.1 Å². The number of aliphatic hydroxyl groups is 2. The van der Waals surface area contributed by atoms with Crippen LogP contribution in [0.2, 0.25) is 0 Å². The number of carbonyl (C=O) groups excluding carboxylic acids is 1. The Morgan fingerprint density at radius 2 is 0.976 bits per heavy atom. The number of aliphatic hydroxyl groups excluding tert-OH is 2. The van der Waals surface area contributed by atoms with Crippen LogP contribution in [0.15, 0.2) is 36.5 Å². The third kappa shape index (κ3) is 30.1. The molecule has 0 aliphatic rings. The van der Waals surface area contributed by atoms with E-state index in [2.05, 4.69) is 37.4 Å². The smallest absolute Gasteiger partial charge is 0.220 e. The summed E-state index contributed by atoms with van der Waals surface area (Å²) in [4.78, 5) is 12.2. The summed E-state index contributed by atoms with van der Waals surface area (Å²) in [5, 5.41) is 22.8. The summed E-state index contributed by atoms with van der Waals surface area (Å²) in [6, 6.07) is -0.649. The van der Waals surface area contributed by atoms with Gasteiger partial charge in [-0.25, -0.2) is 0 Å². The highest BCUT2D eigenvalue weighted by atomic mass is 16.3. The van der Waals surface area contributed by atoms with Gasteiger partial charge in [0.05, 0.1) is 18.8 Å². The molecule has 0 spiro atoms. The Bertz CT molecular complexity index is 642. The molecule has 0 saturated heterocycles. The van der Waals surface area contributed by atoms with Gasteiger partial charge in [0.15, 0.2) is 0 Å². The maximum absolute atomic E-state index is 12.2. The summed E-state index contributed by atoms with van der Waals surface area (Å²) in [7, 11) is 0. The van der Waals surface area contributed by atoms with Crippen LogP contribution in [-0.2, 0) is 4.79 Å². The SMILES string of the molecule is CCCCCCCC/C=C\C/C=C\CCC(=O)NC(CO)C(O)/C=C/CCCCCCCCCCCCCCCCC. The largest absolute Gasteiger partial charge is 0.394 e. The number of carbonyl (C=O) groups is 1. The molecule has 3 N–H and O–H groups in total. The van der Waals surface area contributed by atoms with Crippen molar-refractivity contribution in [2.75, 3.05) is 6.61 Å². The highest BCUT2D eigenvalue weighted by Crippen LogP contribution is 2.14. The zero-order valence-electron chi connectivity index (χ0n) is 28.0. The standard InChI is InChI=1S/C38H71NO3/c1-3-5-7-9-11-13-15-17-18-19-20-22-23-25-27-29-31-33-37(41)36(35-40)39-38(42)34-32-30-28-26-24-21-16-14-12-10-8-6-4-2/h21,24,28,30-31,33,36-37,40-41H,3-20,22-23,25-27,29,32,34-35H2,1-2H3,(H,39,42)/b24-21-,30-28-,33-31+. The van der Waals surface area contributed by atoms with Gasteiger partial charge in [0, 0.05) is 6.42 Å². The van der Waals surface area contributed by atoms with Crippen LogP contribution in [0, 0.1) is 0 Å². The molecule has 0 rings (SSSR count). The molecule has 246 valence electrons. The lowest BCUT2D eigenvalue weighted by molar-refractivity contribution is -0.122. The molecule has 0 aromatic heterocycles. The molecule has 0 heterocycles. The zero-order chi connectivity index (χ0) is 30.8. The molecule has 0 bridgehead atoms. The van der Waals surface area contributed by atoms with Crippen molar-refractivity contribution in [3.63, 3.8) is 0 Å². The van der Waals surface area contributed by atoms with Crippen molar-refractivity contribution < 1.29 is 15.0 Å². The van der Waals surface area contributed by atoms with Gasteiger partial charge in [0.1, 0.15) is 0 Å². The summed E-state index contributed by atoms with van der Waals surface area (Å²) in [6.07, 6.45) is 43.8. The number of unbranched alkanes of at least 4 members (excludes halogenated alkanes) is 21. The second-order valence-corrected chi connectivity index (χ2v) is 12.3. The molecule has 0 saturated carbocycles. The number of hydrogen-bond donors (Lipinski definition) is 3. The Morgan fingerprint density at radius 3 is 1.43 bits per heavy atom. The van der Waals surface area contributed by atoms with Gasteiger partial charge >= 0.3 is 0 Å². The van der Waals surface area contributed by atoms with Crippen LogP contribution in [-0.4, -0.2) is 34.9 Å². The Hall–Kier alpha value is -1.39. The van der Waals surface area contributed by atoms with Gasteiger partial charge in [-0.05, 0) is 38.5 Å². The van der Waals surface area contributed by atoms with E-state index in [0.29, 0.717) is 12.8 Å². The normalized spacial score (nSPS) is 13.5. The second kappa shape index (κ2) is 34.1. The van der Waals surface area contributed by atoms with E-state index in [1.807, 2.05) is 12.2 Å². The lowest BCUT2D eigenvalue weighted by atomic mass is 10.0. The van der Waals surface area contributed by atoms with E-state index in [9.17, 15) is 15.0 Å². The van der Waals surface area contributed by atoms with Gasteiger partial charge in [0.2, 0.25) is 5.91 Å². The molecular formula is C38H71NO3. The molecule has 42 heavy (non-hydrogen) atoms. The number of nitrogens with one attached hydrogen (secondary N) is 1. The van der Waals surface area contributed by atoms with E-state index in [-0.39, 0.29) is 12.5 Å². The van der Waals surface area contributed by atoms with E-state index in [4.69, 9.17) is 0 Å². The topological polar surface area (TPSA) is 69.6 Å². The molecule has 0 fully saturated rings. The van der Waals surface area contributed by atoms with Crippen LogP contribution in [0.25, 0.3) is 0 Å². The molecule has 0 aliphatic carbocycles. The van der Waals surface area contributed by atoms with Gasteiger partial charge in [-0.1, -0.05) is 172 Å². The molecule has 0 aromatic rings. The minimum Gasteiger partial charge on any atom is -0.394 e. The Labute approximate surface area is 261 Å². The van der Waals surface area contributed by atoms with Crippen LogP contribution in [0.5, 0.6) is 0 Å². The number of amides is 1. The maximum Gasteiger partial charge on any atom is 0.220 e. The highest BCUT2D eigenvalue weighted by Gasteiger charge is 2.17. The molecule has 0 aromatic carbocycles. The van der Waals surface area contributed by atoms with Crippen LogP contribution in [0.4, 0.5) is 0 Å². The van der Waals surface area contributed by atoms with E-state index in [1.54, 1.807) is 6.08 Å². The number of allylic oxidation sites excluding steroid dienone is 5. The van der Waals surface area contributed by atoms with Crippen molar-refractivity contribution in [1.82, 2.24) is 5.32 Å². The predicted octanol–water partition coefficient (Wildman–Crippen LogP) is 10.7. The van der Waals surface area contributed by atoms with Crippen molar-refractivity contribution in [2.45, 2.75) is 193 Å². The van der Waals surface area contributed by atoms with Crippen molar-refractivity contribution in [1.29, 1.82) is 0 Å². The van der Waals surface area contributed by atoms with Gasteiger partial charge in [-0.2, -0.15) is 0 Å². The van der Waals surface area contributed by atoms with Crippen molar-refractivity contribution >= 4 is 5.91 Å². The molecule has 2 unspecified atom stereocenters. The fourth-order valence-corrected chi connectivity index (χ4v) is 5.28. The maximum atomic E-state index is 12.2. The van der Waals surface area contributed by atoms with E-state index in [0.717, 1.165) is 25.7 Å². The minimum absolute atomic E-state index is 0.132.